The molecule has 0 saturated heterocycles. The molecule has 0 fully saturated rings. The third-order valence-electron chi connectivity index (χ3n) is 5.98. The topological polar surface area (TPSA) is 65.5 Å². The number of nitrogens with zero attached hydrogens (tertiary/aromatic N) is 2. The molecule has 5 aromatic rings. The van der Waals surface area contributed by atoms with Crippen LogP contribution in [0.2, 0.25) is 0 Å². The Morgan fingerprint density at radius 2 is 1.49 bits per heavy atom. The minimum absolute atomic E-state index is 0.434. The molecule has 0 aliphatic rings. The molecule has 0 aliphatic heterocycles. The van der Waals surface area contributed by atoms with E-state index in [1.165, 1.54) is 5.39 Å². The molecule has 0 bridgehead atoms. The van der Waals surface area contributed by atoms with Crippen LogP contribution in [0.25, 0.3) is 21.7 Å². The molecule has 0 atom stereocenters. The van der Waals surface area contributed by atoms with E-state index < -0.39 is 0 Å². The van der Waals surface area contributed by atoms with Gasteiger partial charge in [-0.1, -0.05) is 60.7 Å². The normalized spacial score (nSPS) is 10.9. The molecular formula is C29H27N3O3. The van der Waals surface area contributed by atoms with Crippen molar-refractivity contribution in [3.8, 4) is 17.2 Å². The first kappa shape index (κ1) is 22.5. The van der Waals surface area contributed by atoms with Crippen LogP contribution in [0.4, 0.5) is 5.82 Å². The lowest BCUT2D eigenvalue weighted by atomic mass is 10.1. The molecule has 4 aromatic carbocycles. The van der Waals surface area contributed by atoms with Crippen LogP contribution in [0.5, 0.6) is 17.2 Å². The molecule has 6 heteroatoms. The largest absolute Gasteiger partial charge is 0.493 e. The van der Waals surface area contributed by atoms with E-state index in [4.69, 9.17) is 14.2 Å². The van der Waals surface area contributed by atoms with Gasteiger partial charge in [0.15, 0.2) is 11.5 Å². The molecule has 1 aromatic heterocycles. The Bertz CT molecular complexity index is 1430. The fourth-order valence-electron chi connectivity index (χ4n) is 4.22. The summed E-state index contributed by atoms with van der Waals surface area (Å²) < 4.78 is 17.3. The lowest BCUT2D eigenvalue weighted by Crippen LogP contribution is -2.08. The third-order valence-corrected chi connectivity index (χ3v) is 5.98. The predicted molar refractivity (Wildman–Crippen MR) is 140 cm³/mol. The molecule has 0 spiro atoms. The van der Waals surface area contributed by atoms with Gasteiger partial charge in [0.25, 0.3) is 0 Å². The van der Waals surface area contributed by atoms with Crippen molar-refractivity contribution in [3.63, 3.8) is 0 Å². The Morgan fingerprint density at radius 1 is 0.743 bits per heavy atom. The molecule has 0 amide bonds. The van der Waals surface area contributed by atoms with Crippen LogP contribution in [0.3, 0.4) is 0 Å². The van der Waals surface area contributed by atoms with Crippen LogP contribution >= 0.6 is 0 Å². The highest BCUT2D eigenvalue weighted by Gasteiger charge is 2.15. The number of rotatable bonds is 9. The highest BCUT2D eigenvalue weighted by atomic mass is 16.5. The van der Waals surface area contributed by atoms with Crippen molar-refractivity contribution >= 4 is 27.5 Å². The quantitative estimate of drug-likeness (QED) is 0.268. The lowest BCUT2D eigenvalue weighted by molar-refractivity contribution is 0.265. The van der Waals surface area contributed by atoms with E-state index in [9.17, 15) is 0 Å². The van der Waals surface area contributed by atoms with E-state index in [1.807, 2.05) is 54.6 Å². The van der Waals surface area contributed by atoms with Crippen molar-refractivity contribution in [1.82, 2.24) is 9.97 Å². The summed E-state index contributed by atoms with van der Waals surface area (Å²) in [5, 5.41) is 6.77. The zero-order valence-electron chi connectivity index (χ0n) is 19.8. The molecule has 6 nitrogen and oxygen atoms in total. The Hall–Kier alpha value is -4.32. The van der Waals surface area contributed by atoms with Crippen LogP contribution < -0.4 is 19.5 Å². The van der Waals surface area contributed by atoms with Crippen molar-refractivity contribution in [2.75, 3.05) is 26.1 Å². The van der Waals surface area contributed by atoms with E-state index in [1.54, 1.807) is 20.5 Å². The van der Waals surface area contributed by atoms with Crippen LogP contribution in [0, 0.1) is 0 Å². The summed E-state index contributed by atoms with van der Waals surface area (Å²) in [5.74, 6) is 2.72. The Morgan fingerprint density at radius 3 is 2.26 bits per heavy atom. The average molecular weight is 466 g/mol. The van der Waals surface area contributed by atoms with Crippen molar-refractivity contribution < 1.29 is 14.2 Å². The SMILES string of the molecule is COc1cc(CCNc2ncnc3c2ccc2ccccc23)cc(OC)c1OCc1ccccc1. The van der Waals surface area contributed by atoms with Gasteiger partial charge >= 0.3 is 0 Å². The summed E-state index contributed by atoms with van der Waals surface area (Å²) in [6.07, 6.45) is 2.37. The lowest BCUT2D eigenvalue weighted by Gasteiger charge is -2.16. The molecule has 1 heterocycles. The van der Waals surface area contributed by atoms with Gasteiger partial charge < -0.3 is 19.5 Å². The van der Waals surface area contributed by atoms with Gasteiger partial charge in [-0.2, -0.15) is 0 Å². The fourth-order valence-corrected chi connectivity index (χ4v) is 4.22. The van der Waals surface area contributed by atoms with Crippen LogP contribution in [-0.2, 0) is 13.0 Å². The Labute approximate surface area is 204 Å². The number of hydrogen-bond acceptors (Lipinski definition) is 6. The van der Waals surface area contributed by atoms with Gasteiger partial charge in [0.05, 0.1) is 19.7 Å². The van der Waals surface area contributed by atoms with Crippen molar-refractivity contribution in [2.45, 2.75) is 13.0 Å². The van der Waals surface area contributed by atoms with Gasteiger partial charge in [0.1, 0.15) is 18.8 Å². The maximum absolute atomic E-state index is 6.07. The summed E-state index contributed by atoms with van der Waals surface area (Å²) in [6, 6.07) is 26.5. The molecule has 35 heavy (non-hydrogen) atoms. The Kier molecular flexibility index (Phi) is 6.61. The summed E-state index contributed by atoms with van der Waals surface area (Å²) in [6.45, 7) is 1.12. The zero-order valence-corrected chi connectivity index (χ0v) is 19.8. The summed E-state index contributed by atoms with van der Waals surface area (Å²) in [4.78, 5) is 9.02. The number of nitrogens with one attached hydrogen (secondary N) is 1. The van der Waals surface area contributed by atoms with Crippen LogP contribution in [-0.4, -0.2) is 30.7 Å². The van der Waals surface area contributed by atoms with Crippen molar-refractivity contribution in [3.05, 3.63) is 96.3 Å². The first-order valence-electron chi connectivity index (χ1n) is 11.5. The van der Waals surface area contributed by atoms with E-state index in [2.05, 4.69) is 39.6 Å². The number of methoxy groups -OCH3 is 2. The average Bonchev–Trinajstić information content (AvgIpc) is 2.92. The van der Waals surface area contributed by atoms with E-state index in [-0.39, 0.29) is 0 Å². The maximum Gasteiger partial charge on any atom is 0.203 e. The van der Waals surface area contributed by atoms with E-state index in [0.29, 0.717) is 30.4 Å². The van der Waals surface area contributed by atoms with E-state index >= 15 is 0 Å². The predicted octanol–water partition coefficient (Wildman–Crippen LogP) is 6.03. The zero-order chi connectivity index (χ0) is 24.0. The molecule has 176 valence electrons. The highest BCUT2D eigenvalue weighted by molar-refractivity contribution is 6.08. The summed E-state index contributed by atoms with van der Waals surface area (Å²) in [7, 11) is 3.28. The first-order valence-corrected chi connectivity index (χ1v) is 11.5. The number of anilines is 1. The molecule has 0 aliphatic carbocycles. The second-order valence-corrected chi connectivity index (χ2v) is 8.19. The number of benzene rings is 4. The number of hydrogen-bond donors (Lipinski definition) is 1. The number of ether oxygens (including phenoxy) is 3. The molecule has 0 radical (unpaired) electrons. The van der Waals surface area contributed by atoms with Gasteiger partial charge in [-0.3, -0.25) is 0 Å². The minimum Gasteiger partial charge on any atom is -0.493 e. The van der Waals surface area contributed by atoms with Gasteiger partial charge in [0.2, 0.25) is 5.75 Å². The summed E-state index contributed by atoms with van der Waals surface area (Å²) >= 11 is 0. The van der Waals surface area contributed by atoms with Crippen molar-refractivity contribution in [2.24, 2.45) is 0 Å². The maximum atomic E-state index is 6.07. The van der Waals surface area contributed by atoms with Gasteiger partial charge in [-0.25, -0.2) is 9.97 Å². The Balaban J connectivity index is 1.32. The molecule has 5 rings (SSSR count). The van der Waals surface area contributed by atoms with Crippen LogP contribution in [0.15, 0.2) is 85.2 Å². The molecule has 0 saturated carbocycles. The third kappa shape index (κ3) is 4.82. The molecular weight excluding hydrogens is 438 g/mol. The highest BCUT2D eigenvalue weighted by Crippen LogP contribution is 2.39. The second kappa shape index (κ2) is 10.3. The molecule has 1 N–H and O–H groups in total. The van der Waals surface area contributed by atoms with Gasteiger partial charge in [0, 0.05) is 17.3 Å². The summed E-state index contributed by atoms with van der Waals surface area (Å²) in [5.41, 5.74) is 3.10. The van der Waals surface area contributed by atoms with E-state index in [0.717, 1.165) is 39.7 Å². The second-order valence-electron chi connectivity index (χ2n) is 8.19. The minimum atomic E-state index is 0.434. The molecule has 0 unspecified atom stereocenters. The standard InChI is InChI=1S/C29H27N3O3/c1-33-25-16-21(17-26(34-2)28(25)35-18-20-8-4-3-5-9-20)14-15-30-29-24-13-12-22-10-6-7-11-23(22)27(24)31-19-32-29/h3-13,16-17,19H,14-15,18H2,1-2H3,(H,30,31,32). The smallest absolute Gasteiger partial charge is 0.203 e. The number of fused-ring (bicyclic) bond motifs is 3. The fraction of sp³-hybridized carbons (Fsp3) is 0.172. The van der Waals surface area contributed by atoms with Crippen LogP contribution in [0.1, 0.15) is 11.1 Å². The van der Waals surface area contributed by atoms with Gasteiger partial charge in [-0.05, 0) is 41.1 Å². The monoisotopic (exact) mass is 465 g/mol. The van der Waals surface area contributed by atoms with Crippen molar-refractivity contribution in [1.29, 1.82) is 0 Å². The number of aromatic nitrogens is 2. The first-order chi connectivity index (χ1) is 17.3. The van der Waals surface area contributed by atoms with Gasteiger partial charge in [-0.15, -0.1) is 0 Å².